The van der Waals surface area contributed by atoms with Crippen LogP contribution in [0.4, 0.5) is 0 Å². The summed E-state index contributed by atoms with van der Waals surface area (Å²) in [4.78, 5) is 27.3. The molecule has 3 saturated heterocycles. The molecule has 0 aliphatic carbocycles. The normalized spacial score (nSPS) is 39.9. The van der Waals surface area contributed by atoms with Crippen molar-refractivity contribution in [2.45, 2.75) is 31.4 Å². The van der Waals surface area contributed by atoms with E-state index < -0.39 is 6.29 Å². The Morgan fingerprint density at radius 2 is 2.13 bits per heavy atom. The molecule has 5 heteroatoms. The molecule has 2 bridgehead atoms. The van der Waals surface area contributed by atoms with Crippen molar-refractivity contribution < 1.29 is 19.1 Å². The number of carbonyl (C=O) groups excluding carboxylic acids is 2. The van der Waals surface area contributed by atoms with Crippen molar-refractivity contribution in [2.75, 3.05) is 6.61 Å². The Bertz CT molecular complexity index is 742. The van der Waals surface area contributed by atoms with Gasteiger partial charge in [-0.3, -0.25) is 9.59 Å². The van der Waals surface area contributed by atoms with Crippen molar-refractivity contribution in [3.8, 4) is 0 Å². The second kappa shape index (κ2) is 4.52. The molecule has 0 saturated carbocycles. The van der Waals surface area contributed by atoms with Crippen LogP contribution in [0.25, 0.3) is 6.08 Å². The van der Waals surface area contributed by atoms with Gasteiger partial charge in [-0.1, -0.05) is 24.3 Å². The third-order valence-electron chi connectivity index (χ3n) is 5.62. The van der Waals surface area contributed by atoms with Crippen molar-refractivity contribution in [3.05, 3.63) is 41.6 Å². The summed E-state index contributed by atoms with van der Waals surface area (Å²) >= 11 is 0. The van der Waals surface area contributed by atoms with Gasteiger partial charge in [0.1, 0.15) is 0 Å². The lowest BCUT2D eigenvalue weighted by Gasteiger charge is -2.34. The summed E-state index contributed by atoms with van der Waals surface area (Å²) in [5.41, 5.74) is 2.23. The van der Waals surface area contributed by atoms with Gasteiger partial charge in [0.05, 0.1) is 30.7 Å². The number of nitrogens with zero attached hydrogens (tertiary/aromatic N) is 1. The van der Waals surface area contributed by atoms with Crippen molar-refractivity contribution in [1.29, 1.82) is 0 Å². The number of fused-ring (bicyclic) bond motifs is 8. The molecule has 0 N–H and O–H groups in total. The van der Waals surface area contributed by atoms with Gasteiger partial charge in [-0.25, -0.2) is 0 Å². The lowest BCUT2D eigenvalue weighted by atomic mass is 9.76. The Labute approximate surface area is 133 Å². The first kappa shape index (κ1) is 13.5. The second-order valence-corrected chi connectivity index (χ2v) is 6.74. The predicted octanol–water partition coefficient (Wildman–Crippen LogP) is 1.54. The lowest BCUT2D eigenvalue weighted by molar-refractivity contribution is -0.165. The number of carbonyl (C=O) groups is 2. The molecule has 0 amide bonds. The zero-order valence-corrected chi connectivity index (χ0v) is 12.7. The average molecular weight is 311 g/mol. The third kappa shape index (κ3) is 1.64. The van der Waals surface area contributed by atoms with Crippen molar-refractivity contribution in [2.24, 2.45) is 11.8 Å². The molecule has 118 valence electrons. The fourth-order valence-electron chi connectivity index (χ4n) is 4.79. The maximum Gasteiger partial charge on any atom is 0.218 e. The van der Waals surface area contributed by atoms with E-state index in [-0.39, 0.29) is 41.6 Å². The van der Waals surface area contributed by atoms with E-state index in [1.807, 2.05) is 30.5 Å². The van der Waals surface area contributed by atoms with E-state index in [4.69, 9.17) is 9.47 Å². The van der Waals surface area contributed by atoms with Crippen LogP contribution in [0.5, 0.6) is 0 Å². The molecule has 23 heavy (non-hydrogen) atoms. The molecular weight excluding hydrogens is 294 g/mol. The van der Waals surface area contributed by atoms with Gasteiger partial charge < -0.3 is 14.4 Å². The average Bonchev–Trinajstić information content (AvgIpc) is 3.13. The molecule has 0 radical (unpaired) electrons. The monoisotopic (exact) mass is 311 g/mol. The quantitative estimate of drug-likeness (QED) is 0.787. The van der Waals surface area contributed by atoms with Crippen LogP contribution in [-0.2, 0) is 19.1 Å². The van der Waals surface area contributed by atoms with Gasteiger partial charge in [0.2, 0.25) is 6.29 Å². The minimum Gasteiger partial charge on any atom is -0.359 e. The van der Waals surface area contributed by atoms with Gasteiger partial charge in [-0.2, -0.15) is 0 Å². The molecule has 4 aliphatic heterocycles. The van der Waals surface area contributed by atoms with Gasteiger partial charge in [-0.05, 0) is 24.1 Å². The van der Waals surface area contributed by atoms with E-state index in [1.54, 1.807) is 6.92 Å². The van der Waals surface area contributed by atoms with Gasteiger partial charge in [0.25, 0.3) is 0 Å². The Hall–Kier alpha value is -1.98. The Morgan fingerprint density at radius 3 is 2.96 bits per heavy atom. The molecule has 0 unspecified atom stereocenters. The summed E-state index contributed by atoms with van der Waals surface area (Å²) in [5.74, 6) is -0.332. The lowest BCUT2D eigenvalue weighted by Crippen LogP contribution is -2.47. The largest absolute Gasteiger partial charge is 0.359 e. The predicted molar refractivity (Wildman–Crippen MR) is 81.1 cm³/mol. The highest BCUT2D eigenvalue weighted by atomic mass is 16.7. The zero-order chi connectivity index (χ0) is 15.7. The highest BCUT2D eigenvalue weighted by molar-refractivity contribution is 5.91. The first-order valence-corrected chi connectivity index (χ1v) is 8.02. The van der Waals surface area contributed by atoms with E-state index >= 15 is 0 Å². The molecule has 5 rings (SSSR count). The van der Waals surface area contributed by atoms with Crippen LogP contribution in [0.15, 0.2) is 30.5 Å². The fraction of sp³-hybridized carbons (Fsp3) is 0.444. The Morgan fingerprint density at radius 1 is 1.30 bits per heavy atom. The van der Waals surface area contributed by atoms with Gasteiger partial charge in [-0.15, -0.1) is 0 Å². The summed E-state index contributed by atoms with van der Waals surface area (Å²) in [6, 6.07) is 7.66. The van der Waals surface area contributed by atoms with E-state index in [0.29, 0.717) is 6.61 Å². The molecule has 0 spiro atoms. The number of benzene rings is 1. The van der Waals surface area contributed by atoms with E-state index in [0.717, 1.165) is 11.1 Å². The van der Waals surface area contributed by atoms with E-state index in [2.05, 4.69) is 11.0 Å². The van der Waals surface area contributed by atoms with Crippen LogP contribution in [0.3, 0.4) is 0 Å². The van der Waals surface area contributed by atoms with Crippen molar-refractivity contribution in [3.63, 3.8) is 0 Å². The van der Waals surface area contributed by atoms with E-state index in [9.17, 15) is 9.59 Å². The van der Waals surface area contributed by atoms with Crippen LogP contribution in [0, 0.1) is 11.8 Å². The molecule has 1 aromatic carbocycles. The first-order valence-electron chi connectivity index (χ1n) is 8.02. The second-order valence-electron chi connectivity index (χ2n) is 6.74. The zero-order valence-electron chi connectivity index (χ0n) is 12.7. The van der Waals surface area contributed by atoms with Gasteiger partial charge in [0, 0.05) is 12.1 Å². The summed E-state index contributed by atoms with van der Waals surface area (Å²) in [6.45, 7) is 2.00. The minimum absolute atomic E-state index is 0.0207. The maximum absolute atomic E-state index is 12.9. The Balaban J connectivity index is 1.70. The molecular formula is C18H17NO4. The molecule has 1 aromatic rings. The Kier molecular flexibility index (Phi) is 2.65. The van der Waals surface area contributed by atoms with Crippen LogP contribution in [0.2, 0.25) is 0 Å². The van der Waals surface area contributed by atoms with Crippen LogP contribution in [0.1, 0.15) is 24.1 Å². The first-order chi connectivity index (χ1) is 11.2. The third-order valence-corrected chi connectivity index (χ3v) is 5.62. The number of rotatable bonds is 1. The minimum atomic E-state index is -0.758. The molecule has 4 heterocycles. The molecule has 5 nitrogen and oxygen atoms in total. The van der Waals surface area contributed by atoms with Crippen molar-refractivity contribution in [1.82, 2.24) is 4.90 Å². The highest BCUT2D eigenvalue weighted by Gasteiger charge is 2.63. The number of ketones is 2. The van der Waals surface area contributed by atoms with Crippen molar-refractivity contribution >= 4 is 17.6 Å². The van der Waals surface area contributed by atoms with Gasteiger partial charge >= 0.3 is 0 Å². The number of ether oxygens (including phenoxy) is 2. The molecule has 3 fully saturated rings. The summed E-state index contributed by atoms with van der Waals surface area (Å²) in [7, 11) is 0. The summed E-state index contributed by atoms with van der Waals surface area (Å²) < 4.78 is 11.2. The van der Waals surface area contributed by atoms with E-state index in [1.165, 1.54) is 0 Å². The highest BCUT2D eigenvalue weighted by Crippen LogP contribution is 2.54. The van der Waals surface area contributed by atoms with Crippen LogP contribution >= 0.6 is 0 Å². The molecule has 4 aliphatic rings. The smallest absolute Gasteiger partial charge is 0.218 e. The van der Waals surface area contributed by atoms with Gasteiger partial charge in [0.15, 0.2) is 11.6 Å². The van der Waals surface area contributed by atoms with Crippen LogP contribution in [-0.4, -0.2) is 41.5 Å². The molecule has 0 aromatic heterocycles. The maximum atomic E-state index is 12.9. The topological polar surface area (TPSA) is 55.8 Å². The van der Waals surface area contributed by atoms with Crippen LogP contribution < -0.4 is 0 Å². The number of hydrogen-bond donors (Lipinski definition) is 0. The summed E-state index contributed by atoms with van der Waals surface area (Å²) in [5, 5.41) is 0. The molecule has 6 atom stereocenters. The number of Topliss-reactive ketones (excluding diaryl/α,β-unsaturated/α-hetero) is 2. The summed E-state index contributed by atoms with van der Waals surface area (Å²) in [6.07, 6.45) is 3.06. The number of hydrogen-bond acceptors (Lipinski definition) is 5. The SMILES string of the molecule is CC(=O)[C@H]1[C@H]2[C@@H](C(=O)[C@H]3OC[C@@H]2O3)[C@@H]2c3ccccc3C=CN12. The fourth-order valence-corrected chi connectivity index (χ4v) is 4.79. The standard InChI is InChI=1S/C18H17NO4/c1-9(20)15-13-12-8-22-18(23-12)17(21)14(13)16-11-5-3-2-4-10(11)6-7-19(15)16/h2-7,12-16,18H,8H2,1H3/t12-,13+,14+,15-,16-,18-/m0/s1.